The van der Waals surface area contributed by atoms with E-state index in [2.05, 4.69) is 0 Å². The van der Waals surface area contributed by atoms with Crippen molar-refractivity contribution >= 4 is 11.9 Å². The molecule has 1 aliphatic heterocycles. The van der Waals surface area contributed by atoms with Crippen LogP contribution >= 0.6 is 0 Å². The van der Waals surface area contributed by atoms with Crippen molar-refractivity contribution in [2.45, 2.75) is 46.5 Å². The van der Waals surface area contributed by atoms with Gasteiger partial charge in [0.05, 0.1) is 42.3 Å². The summed E-state index contributed by atoms with van der Waals surface area (Å²) >= 11 is 0. The first-order chi connectivity index (χ1) is 14.5. The van der Waals surface area contributed by atoms with Crippen LogP contribution in [0.3, 0.4) is 0 Å². The molecule has 3 rings (SSSR count). The number of carbonyl (C=O) groups excluding carboxylic acids is 2. The van der Waals surface area contributed by atoms with Gasteiger partial charge in [-0.2, -0.15) is 5.10 Å². The van der Waals surface area contributed by atoms with Crippen molar-refractivity contribution in [1.82, 2.24) is 14.7 Å². The molecule has 1 saturated heterocycles. The molecule has 7 nitrogen and oxygen atoms in total. The number of piperidine rings is 1. The molecule has 1 aliphatic rings. The van der Waals surface area contributed by atoms with Crippen LogP contribution in [0.15, 0.2) is 24.3 Å². The third kappa shape index (κ3) is 4.35. The lowest BCUT2D eigenvalue weighted by atomic mass is 9.97. The van der Waals surface area contributed by atoms with Gasteiger partial charge in [-0.15, -0.1) is 0 Å². The maximum absolute atomic E-state index is 13.5. The van der Waals surface area contributed by atoms with Crippen LogP contribution in [0.2, 0.25) is 0 Å². The molecule has 7 heteroatoms. The van der Waals surface area contributed by atoms with Gasteiger partial charge in [0.25, 0.3) is 5.91 Å². The minimum Gasteiger partial charge on any atom is -0.497 e. The van der Waals surface area contributed by atoms with Crippen LogP contribution in [0.5, 0.6) is 5.75 Å². The van der Waals surface area contributed by atoms with Gasteiger partial charge in [-0.1, -0.05) is 13.8 Å². The number of likely N-dealkylation sites (tertiary alicyclic amines) is 1. The number of nitrogens with zero attached hydrogens (tertiary/aromatic N) is 3. The Balaban J connectivity index is 1.93. The number of methoxy groups -OCH3 is 1. The van der Waals surface area contributed by atoms with Crippen molar-refractivity contribution in [1.29, 1.82) is 0 Å². The maximum atomic E-state index is 13.5. The van der Waals surface area contributed by atoms with Crippen molar-refractivity contribution in [2.75, 3.05) is 26.8 Å². The molecule has 2 heterocycles. The third-order valence-electron chi connectivity index (χ3n) is 5.58. The minimum atomic E-state index is -0.255. The Morgan fingerprint density at radius 3 is 2.47 bits per heavy atom. The number of hydrogen-bond donors (Lipinski definition) is 0. The molecule has 1 aromatic heterocycles. The summed E-state index contributed by atoms with van der Waals surface area (Å²) < 4.78 is 12.3. The molecule has 1 amide bonds. The topological polar surface area (TPSA) is 73.7 Å². The van der Waals surface area contributed by atoms with E-state index in [4.69, 9.17) is 14.6 Å². The summed E-state index contributed by atoms with van der Waals surface area (Å²) in [4.78, 5) is 27.5. The Bertz CT molecular complexity index is 889. The highest BCUT2D eigenvalue weighted by atomic mass is 16.5. The number of benzene rings is 1. The Morgan fingerprint density at radius 1 is 1.13 bits per heavy atom. The van der Waals surface area contributed by atoms with Gasteiger partial charge >= 0.3 is 5.97 Å². The zero-order valence-corrected chi connectivity index (χ0v) is 18.3. The van der Waals surface area contributed by atoms with E-state index in [0.29, 0.717) is 38.1 Å². The summed E-state index contributed by atoms with van der Waals surface area (Å²) in [6.45, 7) is 7.25. The van der Waals surface area contributed by atoms with Crippen LogP contribution in [0.4, 0.5) is 0 Å². The summed E-state index contributed by atoms with van der Waals surface area (Å²) in [6, 6.07) is 7.66. The molecule has 0 N–H and O–H groups in total. The molecule has 162 valence electrons. The normalized spacial score (nSPS) is 16.4. The molecule has 2 aromatic rings. The highest BCUT2D eigenvalue weighted by molar-refractivity contribution is 5.97. The lowest BCUT2D eigenvalue weighted by Crippen LogP contribution is -2.43. The number of aryl methyl sites for hydroxylation is 1. The van der Waals surface area contributed by atoms with Crippen molar-refractivity contribution in [3.63, 3.8) is 0 Å². The lowest BCUT2D eigenvalue weighted by Gasteiger charge is -2.31. The smallest absolute Gasteiger partial charge is 0.310 e. The van der Waals surface area contributed by atoms with E-state index in [1.54, 1.807) is 18.9 Å². The summed E-state index contributed by atoms with van der Waals surface area (Å²) in [7, 11) is 1.63. The predicted octanol–water partition coefficient (Wildman–Crippen LogP) is 3.42. The maximum Gasteiger partial charge on any atom is 0.310 e. The molecule has 1 fully saturated rings. The number of carbonyl (C=O) groups is 2. The second-order valence-electron chi connectivity index (χ2n) is 7.43. The zero-order valence-electron chi connectivity index (χ0n) is 18.3. The number of ether oxygens (including phenoxy) is 2. The molecule has 0 saturated carbocycles. The van der Waals surface area contributed by atoms with Crippen molar-refractivity contribution < 1.29 is 19.1 Å². The molecule has 30 heavy (non-hydrogen) atoms. The average Bonchev–Trinajstić information content (AvgIpc) is 3.17. The van der Waals surface area contributed by atoms with Crippen molar-refractivity contribution in [3.05, 3.63) is 41.2 Å². The van der Waals surface area contributed by atoms with Crippen molar-refractivity contribution in [2.24, 2.45) is 5.92 Å². The van der Waals surface area contributed by atoms with Crippen molar-refractivity contribution in [3.8, 4) is 11.4 Å². The molecule has 0 spiro atoms. The van der Waals surface area contributed by atoms with E-state index in [1.165, 1.54) is 0 Å². The SMILES string of the molecule is CCOC(=O)[C@H]1CCCN(C(=O)c2c(CC)nn(-c3ccc(OC)cc3)c2CC)C1. The number of amides is 1. The van der Waals surface area contributed by atoms with Crippen LogP contribution in [0, 0.1) is 5.92 Å². The Hall–Kier alpha value is -2.83. The van der Waals surface area contributed by atoms with Gasteiger partial charge in [0.1, 0.15) is 5.75 Å². The van der Waals surface area contributed by atoms with Gasteiger partial charge in [0, 0.05) is 13.1 Å². The summed E-state index contributed by atoms with van der Waals surface area (Å²) in [5, 5.41) is 4.76. The molecule has 1 atom stereocenters. The monoisotopic (exact) mass is 413 g/mol. The number of rotatable bonds is 7. The van der Waals surface area contributed by atoms with E-state index >= 15 is 0 Å². The van der Waals surface area contributed by atoms with Gasteiger partial charge < -0.3 is 14.4 Å². The second kappa shape index (κ2) is 9.78. The van der Waals surface area contributed by atoms with Gasteiger partial charge in [0.2, 0.25) is 0 Å². The van der Waals surface area contributed by atoms with E-state index < -0.39 is 0 Å². The summed E-state index contributed by atoms with van der Waals surface area (Å²) in [5.74, 6) is 0.261. The van der Waals surface area contributed by atoms with Crippen LogP contribution in [0.1, 0.15) is 55.4 Å². The first-order valence-corrected chi connectivity index (χ1v) is 10.7. The second-order valence-corrected chi connectivity index (χ2v) is 7.43. The fourth-order valence-electron chi connectivity index (χ4n) is 4.03. The summed E-state index contributed by atoms with van der Waals surface area (Å²) in [5.41, 5.74) is 3.23. The highest BCUT2D eigenvalue weighted by Crippen LogP contribution is 2.26. The molecule has 0 aliphatic carbocycles. The molecular formula is C23H31N3O4. The molecule has 1 aromatic carbocycles. The Labute approximate surface area is 178 Å². The number of esters is 1. The Morgan fingerprint density at radius 2 is 1.87 bits per heavy atom. The van der Waals surface area contributed by atoms with Gasteiger partial charge in [0.15, 0.2) is 0 Å². The molecular weight excluding hydrogens is 382 g/mol. The minimum absolute atomic E-state index is 0.0440. The van der Waals surface area contributed by atoms with Crippen LogP contribution < -0.4 is 4.74 Å². The summed E-state index contributed by atoms with van der Waals surface area (Å²) in [6.07, 6.45) is 2.89. The fourth-order valence-corrected chi connectivity index (χ4v) is 4.03. The predicted molar refractivity (Wildman–Crippen MR) is 114 cm³/mol. The average molecular weight is 414 g/mol. The Kier molecular flexibility index (Phi) is 7.13. The molecule has 0 bridgehead atoms. The quantitative estimate of drug-likeness (QED) is 0.650. The molecule has 0 radical (unpaired) electrons. The van der Waals surface area contributed by atoms with Gasteiger partial charge in [-0.3, -0.25) is 9.59 Å². The largest absolute Gasteiger partial charge is 0.497 e. The van der Waals surface area contributed by atoms with Gasteiger partial charge in [-0.25, -0.2) is 4.68 Å². The fraction of sp³-hybridized carbons (Fsp3) is 0.522. The van der Waals surface area contributed by atoms with Crippen LogP contribution in [0.25, 0.3) is 5.69 Å². The first kappa shape index (κ1) is 21.9. The van der Waals surface area contributed by atoms with E-state index in [1.807, 2.05) is 42.8 Å². The van der Waals surface area contributed by atoms with E-state index in [0.717, 1.165) is 35.7 Å². The third-order valence-corrected chi connectivity index (χ3v) is 5.58. The standard InChI is InChI=1S/C23H31N3O4/c1-5-19-21(22(27)25-14-8-9-16(15-25)23(28)30-7-3)20(6-2)26(24-19)17-10-12-18(29-4)13-11-17/h10-13,16H,5-9,14-15H2,1-4H3/t16-/m0/s1. The van der Waals surface area contributed by atoms with E-state index in [-0.39, 0.29) is 17.8 Å². The first-order valence-electron chi connectivity index (χ1n) is 10.7. The zero-order chi connectivity index (χ0) is 21.7. The lowest BCUT2D eigenvalue weighted by molar-refractivity contribution is -0.149. The van der Waals surface area contributed by atoms with E-state index in [9.17, 15) is 9.59 Å². The van der Waals surface area contributed by atoms with Gasteiger partial charge in [-0.05, 0) is 56.9 Å². The highest BCUT2D eigenvalue weighted by Gasteiger charge is 2.33. The number of hydrogen-bond acceptors (Lipinski definition) is 5. The van der Waals surface area contributed by atoms with Crippen LogP contribution in [-0.2, 0) is 22.4 Å². The molecule has 0 unspecified atom stereocenters. The van der Waals surface area contributed by atoms with Crippen LogP contribution in [-0.4, -0.2) is 53.4 Å². The number of aromatic nitrogens is 2.